The molecule has 0 radical (unpaired) electrons. The van der Waals surface area contributed by atoms with Crippen molar-refractivity contribution in [3.8, 4) is 0 Å². The number of aliphatic carboxylic acids is 1. The second-order valence-corrected chi connectivity index (χ2v) is 4.53. The lowest BCUT2D eigenvalue weighted by molar-refractivity contribution is -0.137. The van der Waals surface area contributed by atoms with Crippen molar-refractivity contribution < 1.29 is 14.7 Å². The van der Waals surface area contributed by atoms with Crippen molar-refractivity contribution in [2.75, 3.05) is 13.6 Å². The van der Waals surface area contributed by atoms with Crippen molar-refractivity contribution in [3.05, 3.63) is 0 Å². The Hall–Kier alpha value is -1.26. The molecule has 16 heavy (non-hydrogen) atoms. The molecule has 2 unspecified atom stereocenters. The van der Waals surface area contributed by atoms with Gasteiger partial charge in [-0.15, -0.1) is 0 Å². The molecule has 2 amide bonds. The summed E-state index contributed by atoms with van der Waals surface area (Å²) < 4.78 is 0. The van der Waals surface area contributed by atoms with Crippen LogP contribution in [0.2, 0.25) is 0 Å². The molecule has 0 bridgehead atoms. The second kappa shape index (κ2) is 5.72. The zero-order valence-corrected chi connectivity index (χ0v) is 9.90. The Morgan fingerprint density at radius 2 is 2.12 bits per heavy atom. The molecule has 2 N–H and O–H groups in total. The normalized spacial score (nSPS) is 24.1. The smallest absolute Gasteiger partial charge is 0.317 e. The highest BCUT2D eigenvalue weighted by Crippen LogP contribution is 2.24. The lowest BCUT2D eigenvalue weighted by Crippen LogP contribution is -2.44. The maximum absolute atomic E-state index is 11.7. The quantitative estimate of drug-likeness (QED) is 0.761. The Morgan fingerprint density at radius 3 is 2.62 bits per heavy atom. The SMILES string of the molecule is CC1CCCC1NC(=O)N(C)CCC(=O)O. The summed E-state index contributed by atoms with van der Waals surface area (Å²) in [6.45, 7) is 2.39. The lowest BCUT2D eigenvalue weighted by Gasteiger charge is -2.22. The number of hydrogen-bond acceptors (Lipinski definition) is 2. The van der Waals surface area contributed by atoms with Gasteiger partial charge in [0.05, 0.1) is 6.42 Å². The van der Waals surface area contributed by atoms with E-state index in [-0.39, 0.29) is 25.0 Å². The number of carbonyl (C=O) groups is 2. The fourth-order valence-electron chi connectivity index (χ4n) is 1.99. The molecule has 0 spiro atoms. The third-order valence-corrected chi connectivity index (χ3v) is 3.18. The highest BCUT2D eigenvalue weighted by atomic mass is 16.4. The maximum Gasteiger partial charge on any atom is 0.317 e. The van der Waals surface area contributed by atoms with E-state index in [0.29, 0.717) is 5.92 Å². The zero-order valence-electron chi connectivity index (χ0n) is 9.90. The van der Waals surface area contributed by atoms with Crippen molar-refractivity contribution in [3.63, 3.8) is 0 Å². The van der Waals surface area contributed by atoms with Crippen LogP contribution < -0.4 is 5.32 Å². The van der Waals surface area contributed by atoms with Gasteiger partial charge in [-0.3, -0.25) is 4.79 Å². The van der Waals surface area contributed by atoms with E-state index in [9.17, 15) is 9.59 Å². The van der Waals surface area contributed by atoms with E-state index in [1.54, 1.807) is 7.05 Å². The van der Waals surface area contributed by atoms with Crippen LogP contribution in [-0.2, 0) is 4.79 Å². The summed E-state index contributed by atoms with van der Waals surface area (Å²) in [4.78, 5) is 23.5. The number of rotatable bonds is 4. The molecular weight excluding hydrogens is 208 g/mol. The molecule has 1 rings (SSSR count). The molecule has 0 heterocycles. The largest absolute Gasteiger partial charge is 0.481 e. The minimum atomic E-state index is -0.881. The molecule has 0 aromatic rings. The molecule has 2 atom stereocenters. The van der Waals surface area contributed by atoms with Gasteiger partial charge in [-0.2, -0.15) is 0 Å². The highest BCUT2D eigenvalue weighted by Gasteiger charge is 2.25. The summed E-state index contributed by atoms with van der Waals surface area (Å²) in [6.07, 6.45) is 3.33. The van der Waals surface area contributed by atoms with Crippen LogP contribution in [0.5, 0.6) is 0 Å². The van der Waals surface area contributed by atoms with E-state index in [4.69, 9.17) is 5.11 Å². The first-order valence-corrected chi connectivity index (χ1v) is 5.74. The summed E-state index contributed by atoms with van der Waals surface area (Å²) in [6, 6.07) is 0.0831. The Bertz CT molecular complexity index is 268. The minimum absolute atomic E-state index is 0.00978. The van der Waals surface area contributed by atoms with Crippen LogP contribution in [0.15, 0.2) is 0 Å². The lowest BCUT2D eigenvalue weighted by atomic mass is 10.1. The first-order valence-electron chi connectivity index (χ1n) is 5.74. The number of carboxylic acids is 1. The summed E-state index contributed by atoms with van der Waals surface area (Å²) in [7, 11) is 1.62. The fraction of sp³-hybridized carbons (Fsp3) is 0.818. The van der Waals surface area contributed by atoms with Gasteiger partial charge in [-0.05, 0) is 18.8 Å². The molecule has 0 aromatic heterocycles. The van der Waals surface area contributed by atoms with Crippen molar-refractivity contribution in [2.24, 2.45) is 5.92 Å². The standard InChI is InChI=1S/C11H20N2O3/c1-8-4-3-5-9(8)12-11(16)13(2)7-6-10(14)15/h8-9H,3-7H2,1-2H3,(H,12,16)(H,14,15). The zero-order chi connectivity index (χ0) is 12.1. The monoisotopic (exact) mass is 228 g/mol. The maximum atomic E-state index is 11.7. The summed E-state index contributed by atoms with van der Waals surface area (Å²) in [5, 5.41) is 11.5. The number of carbonyl (C=O) groups excluding carboxylic acids is 1. The number of urea groups is 1. The van der Waals surface area contributed by atoms with Crippen molar-refractivity contribution in [2.45, 2.75) is 38.6 Å². The number of amides is 2. The van der Waals surface area contributed by atoms with Crippen molar-refractivity contribution in [1.82, 2.24) is 10.2 Å². The third kappa shape index (κ3) is 3.72. The van der Waals surface area contributed by atoms with Gasteiger partial charge in [-0.25, -0.2) is 4.79 Å². The van der Waals surface area contributed by atoms with Crippen LogP contribution in [0.25, 0.3) is 0 Å². The number of nitrogens with one attached hydrogen (secondary N) is 1. The van der Waals surface area contributed by atoms with E-state index < -0.39 is 5.97 Å². The van der Waals surface area contributed by atoms with Gasteiger partial charge in [0.25, 0.3) is 0 Å². The molecule has 92 valence electrons. The van der Waals surface area contributed by atoms with Crippen LogP contribution in [0.3, 0.4) is 0 Å². The Kier molecular flexibility index (Phi) is 4.58. The summed E-state index contributed by atoms with van der Waals surface area (Å²) >= 11 is 0. The predicted octanol–water partition coefficient (Wildman–Crippen LogP) is 1.29. The van der Waals surface area contributed by atoms with Gasteiger partial charge in [0.2, 0.25) is 0 Å². The van der Waals surface area contributed by atoms with Crippen molar-refractivity contribution >= 4 is 12.0 Å². The highest BCUT2D eigenvalue weighted by molar-refractivity contribution is 5.75. The molecule has 1 saturated carbocycles. The predicted molar refractivity (Wildman–Crippen MR) is 60.2 cm³/mol. The molecule has 0 aliphatic heterocycles. The molecule has 5 heteroatoms. The number of nitrogens with zero attached hydrogens (tertiary/aromatic N) is 1. The van der Waals surface area contributed by atoms with E-state index in [0.717, 1.165) is 19.3 Å². The molecular formula is C11H20N2O3. The summed E-state index contributed by atoms with van der Waals surface area (Å²) in [5.74, 6) is -0.356. The van der Waals surface area contributed by atoms with Gasteiger partial charge in [0.15, 0.2) is 0 Å². The molecule has 0 saturated heterocycles. The van der Waals surface area contributed by atoms with Gasteiger partial charge in [-0.1, -0.05) is 13.3 Å². The van der Waals surface area contributed by atoms with Gasteiger partial charge >= 0.3 is 12.0 Å². The molecule has 1 aliphatic carbocycles. The van der Waals surface area contributed by atoms with Crippen LogP contribution in [-0.4, -0.2) is 41.6 Å². The van der Waals surface area contributed by atoms with Gasteiger partial charge in [0, 0.05) is 19.6 Å². The summed E-state index contributed by atoms with van der Waals surface area (Å²) in [5.41, 5.74) is 0. The first kappa shape index (κ1) is 12.8. The van der Waals surface area contributed by atoms with E-state index in [1.165, 1.54) is 4.90 Å². The molecule has 0 aromatic carbocycles. The van der Waals surface area contributed by atoms with Crippen molar-refractivity contribution in [1.29, 1.82) is 0 Å². The third-order valence-electron chi connectivity index (χ3n) is 3.18. The Morgan fingerprint density at radius 1 is 1.44 bits per heavy atom. The average Bonchev–Trinajstić information content (AvgIpc) is 2.60. The molecule has 1 fully saturated rings. The first-order chi connectivity index (χ1) is 7.50. The van der Waals surface area contributed by atoms with Crippen LogP contribution >= 0.6 is 0 Å². The Balaban J connectivity index is 2.30. The molecule has 5 nitrogen and oxygen atoms in total. The minimum Gasteiger partial charge on any atom is -0.481 e. The Labute approximate surface area is 95.8 Å². The van der Waals surface area contributed by atoms with Crippen LogP contribution in [0.1, 0.15) is 32.6 Å². The molecule has 1 aliphatic rings. The number of carboxylic acid groups (broad SMARTS) is 1. The van der Waals surface area contributed by atoms with E-state index in [1.807, 2.05) is 0 Å². The topological polar surface area (TPSA) is 69.6 Å². The van der Waals surface area contributed by atoms with Crippen LogP contribution in [0.4, 0.5) is 4.79 Å². The van der Waals surface area contributed by atoms with E-state index in [2.05, 4.69) is 12.2 Å². The van der Waals surface area contributed by atoms with Gasteiger partial charge in [0.1, 0.15) is 0 Å². The van der Waals surface area contributed by atoms with Crippen LogP contribution in [0, 0.1) is 5.92 Å². The fourth-order valence-corrected chi connectivity index (χ4v) is 1.99. The second-order valence-electron chi connectivity index (χ2n) is 4.53. The average molecular weight is 228 g/mol. The van der Waals surface area contributed by atoms with Gasteiger partial charge < -0.3 is 15.3 Å². The van der Waals surface area contributed by atoms with E-state index >= 15 is 0 Å². The number of hydrogen-bond donors (Lipinski definition) is 2.